The largest absolute Gasteiger partial charge is 0.350 e. The van der Waals surface area contributed by atoms with Crippen LogP contribution in [-0.2, 0) is 0 Å². The zero-order valence-electron chi connectivity index (χ0n) is 16.3. The lowest BCUT2D eigenvalue weighted by Gasteiger charge is -2.38. The summed E-state index contributed by atoms with van der Waals surface area (Å²) in [4.78, 5) is 8.95. The van der Waals surface area contributed by atoms with Gasteiger partial charge in [0.05, 0.1) is 5.56 Å². The summed E-state index contributed by atoms with van der Waals surface area (Å²) in [7, 11) is 2.16. The Labute approximate surface area is 169 Å². The number of piperazine rings is 1. The number of nitrogens with one attached hydrogen (secondary N) is 1. The van der Waals surface area contributed by atoms with E-state index in [0.29, 0.717) is 0 Å². The lowest BCUT2D eigenvalue weighted by molar-refractivity contribution is 0.138. The highest BCUT2D eigenvalue weighted by atomic mass is 19.1. The normalized spacial score (nSPS) is 19.7. The summed E-state index contributed by atoms with van der Waals surface area (Å²) in [6.45, 7) is 4.15. The Morgan fingerprint density at radius 2 is 1.69 bits per heavy atom. The molecular formula is C22H23FN6. The van der Waals surface area contributed by atoms with E-state index in [-0.39, 0.29) is 12.0 Å². The molecule has 4 heterocycles. The molecule has 0 radical (unpaired) electrons. The van der Waals surface area contributed by atoms with Gasteiger partial charge in [-0.05, 0) is 55.1 Å². The van der Waals surface area contributed by atoms with Gasteiger partial charge in [-0.15, -0.1) is 0 Å². The zero-order chi connectivity index (χ0) is 19.8. The van der Waals surface area contributed by atoms with Gasteiger partial charge in [-0.25, -0.2) is 9.07 Å². The molecule has 148 valence electrons. The summed E-state index contributed by atoms with van der Waals surface area (Å²) in [5.41, 5.74) is 3.73. The second kappa shape index (κ2) is 7.42. The van der Waals surface area contributed by atoms with Crippen molar-refractivity contribution in [2.75, 3.05) is 38.5 Å². The summed E-state index contributed by atoms with van der Waals surface area (Å²) in [6, 6.07) is 10.5. The van der Waals surface area contributed by atoms with Gasteiger partial charge in [0.2, 0.25) is 0 Å². The molecule has 1 atom stereocenters. The predicted molar refractivity (Wildman–Crippen MR) is 113 cm³/mol. The smallest absolute Gasteiger partial charge is 0.139 e. The molecule has 1 fully saturated rings. The van der Waals surface area contributed by atoms with Gasteiger partial charge in [0.25, 0.3) is 0 Å². The van der Waals surface area contributed by atoms with Crippen LogP contribution in [-0.4, -0.2) is 64.0 Å². The minimum absolute atomic E-state index is 0.120. The van der Waals surface area contributed by atoms with Crippen LogP contribution in [0, 0.1) is 5.82 Å². The number of anilines is 1. The molecule has 0 aliphatic carbocycles. The molecule has 0 spiro atoms. The fraction of sp³-hybridized carbons (Fsp3) is 0.273. The summed E-state index contributed by atoms with van der Waals surface area (Å²) in [5.74, 6) is 0.693. The van der Waals surface area contributed by atoms with Gasteiger partial charge >= 0.3 is 0 Å². The van der Waals surface area contributed by atoms with Crippen molar-refractivity contribution in [1.82, 2.24) is 24.6 Å². The van der Waals surface area contributed by atoms with Crippen molar-refractivity contribution >= 4 is 12.0 Å². The first kappa shape index (κ1) is 18.0. The lowest BCUT2D eigenvalue weighted by atomic mass is 10.0. The summed E-state index contributed by atoms with van der Waals surface area (Å²) < 4.78 is 15.3. The maximum absolute atomic E-state index is 13.5. The summed E-state index contributed by atoms with van der Waals surface area (Å²) >= 11 is 0. The van der Waals surface area contributed by atoms with Crippen molar-refractivity contribution in [3.8, 4) is 22.4 Å². The number of nitrogens with zero attached hydrogens (tertiary/aromatic N) is 5. The Morgan fingerprint density at radius 3 is 2.41 bits per heavy atom. The maximum Gasteiger partial charge on any atom is 0.139 e. The quantitative estimate of drug-likeness (QED) is 0.744. The van der Waals surface area contributed by atoms with Crippen molar-refractivity contribution in [1.29, 1.82) is 0 Å². The number of benzene rings is 1. The Morgan fingerprint density at radius 1 is 0.966 bits per heavy atom. The van der Waals surface area contributed by atoms with E-state index in [2.05, 4.69) is 33.2 Å². The average molecular weight is 390 g/mol. The third-order valence-corrected chi connectivity index (χ3v) is 5.62. The second-order valence-corrected chi connectivity index (χ2v) is 7.53. The van der Waals surface area contributed by atoms with Crippen molar-refractivity contribution in [3.63, 3.8) is 0 Å². The molecule has 6 nitrogen and oxygen atoms in total. The molecule has 0 bridgehead atoms. The van der Waals surface area contributed by atoms with Crippen LogP contribution in [0.3, 0.4) is 0 Å². The van der Waals surface area contributed by atoms with E-state index >= 15 is 0 Å². The second-order valence-electron chi connectivity index (χ2n) is 7.53. The SMILES string of the molecule is CN1CCN(C2C=Cn3nc(-c4ccc(F)cc4)c(-c4ccncc4)c3N2)CC1. The van der Waals surface area contributed by atoms with Crippen molar-refractivity contribution in [2.45, 2.75) is 6.17 Å². The molecule has 3 aromatic rings. The predicted octanol–water partition coefficient (Wildman–Crippen LogP) is 3.22. The minimum Gasteiger partial charge on any atom is -0.350 e. The molecule has 1 unspecified atom stereocenters. The molecule has 2 aliphatic heterocycles. The van der Waals surface area contributed by atoms with Crippen molar-refractivity contribution < 1.29 is 4.39 Å². The van der Waals surface area contributed by atoms with E-state index < -0.39 is 0 Å². The number of halogens is 1. The average Bonchev–Trinajstić information content (AvgIpc) is 3.14. The van der Waals surface area contributed by atoms with Gasteiger partial charge in [0.1, 0.15) is 23.5 Å². The molecule has 2 aliphatic rings. The zero-order valence-corrected chi connectivity index (χ0v) is 16.3. The number of aromatic nitrogens is 3. The van der Waals surface area contributed by atoms with Gasteiger partial charge in [0.15, 0.2) is 0 Å². The van der Waals surface area contributed by atoms with Crippen LogP contribution in [0.4, 0.5) is 10.2 Å². The number of hydrogen-bond acceptors (Lipinski definition) is 5. The van der Waals surface area contributed by atoms with Gasteiger partial charge in [0, 0.05) is 50.3 Å². The molecule has 7 heteroatoms. The van der Waals surface area contributed by atoms with Crippen LogP contribution in [0.5, 0.6) is 0 Å². The van der Waals surface area contributed by atoms with Crippen LogP contribution in [0.1, 0.15) is 0 Å². The molecule has 0 saturated carbocycles. The highest BCUT2D eigenvalue weighted by Gasteiger charge is 2.28. The van der Waals surface area contributed by atoms with Gasteiger partial charge in [-0.2, -0.15) is 5.10 Å². The van der Waals surface area contributed by atoms with Crippen molar-refractivity contribution in [2.24, 2.45) is 0 Å². The number of fused-ring (bicyclic) bond motifs is 1. The highest BCUT2D eigenvalue weighted by Crippen LogP contribution is 2.39. The van der Waals surface area contributed by atoms with E-state index in [9.17, 15) is 4.39 Å². The molecule has 1 N–H and O–H groups in total. The van der Waals surface area contributed by atoms with E-state index in [4.69, 9.17) is 5.10 Å². The Hall–Kier alpha value is -3.03. The molecule has 1 saturated heterocycles. The van der Waals surface area contributed by atoms with Crippen LogP contribution in [0.15, 0.2) is 54.9 Å². The van der Waals surface area contributed by atoms with Crippen LogP contribution < -0.4 is 5.32 Å². The first-order valence-corrected chi connectivity index (χ1v) is 9.85. The maximum atomic E-state index is 13.5. The molecule has 0 amide bonds. The molecular weight excluding hydrogens is 367 g/mol. The van der Waals surface area contributed by atoms with E-state index in [1.807, 2.05) is 23.0 Å². The third kappa shape index (κ3) is 3.43. The van der Waals surface area contributed by atoms with E-state index in [0.717, 1.165) is 54.4 Å². The first-order chi connectivity index (χ1) is 14.2. The van der Waals surface area contributed by atoms with E-state index in [1.165, 1.54) is 12.1 Å². The molecule has 2 aromatic heterocycles. The van der Waals surface area contributed by atoms with Crippen LogP contribution >= 0.6 is 0 Å². The Balaban J connectivity index is 1.56. The van der Waals surface area contributed by atoms with Crippen LogP contribution in [0.2, 0.25) is 0 Å². The topological polar surface area (TPSA) is 49.2 Å². The van der Waals surface area contributed by atoms with Gasteiger partial charge < -0.3 is 10.2 Å². The number of hydrogen-bond donors (Lipinski definition) is 1. The highest BCUT2D eigenvalue weighted by molar-refractivity contribution is 5.90. The summed E-state index contributed by atoms with van der Waals surface area (Å²) in [5, 5.41) is 8.49. The minimum atomic E-state index is -0.253. The monoisotopic (exact) mass is 390 g/mol. The fourth-order valence-corrected chi connectivity index (χ4v) is 3.95. The van der Waals surface area contributed by atoms with Gasteiger partial charge in [-0.3, -0.25) is 9.88 Å². The van der Waals surface area contributed by atoms with Crippen molar-refractivity contribution in [3.05, 3.63) is 60.7 Å². The lowest BCUT2D eigenvalue weighted by Crippen LogP contribution is -2.51. The first-order valence-electron chi connectivity index (χ1n) is 9.85. The molecule has 1 aromatic carbocycles. The Bertz CT molecular complexity index is 1020. The third-order valence-electron chi connectivity index (χ3n) is 5.62. The summed E-state index contributed by atoms with van der Waals surface area (Å²) in [6.07, 6.45) is 7.85. The van der Waals surface area contributed by atoms with Gasteiger partial charge in [-0.1, -0.05) is 0 Å². The van der Waals surface area contributed by atoms with Crippen LogP contribution in [0.25, 0.3) is 28.6 Å². The Kier molecular flexibility index (Phi) is 4.61. The number of pyridine rings is 1. The fourth-order valence-electron chi connectivity index (χ4n) is 3.95. The number of rotatable bonds is 3. The standard InChI is InChI=1S/C22H23FN6/c1-27-12-14-28(15-13-27)19-8-11-29-22(25-19)20(16-6-9-24-10-7-16)21(26-29)17-2-4-18(23)5-3-17/h2-11,19,25H,12-15H2,1H3. The van der Waals surface area contributed by atoms with E-state index in [1.54, 1.807) is 24.5 Å². The molecule has 29 heavy (non-hydrogen) atoms. The molecule has 5 rings (SSSR count). The number of likely N-dealkylation sites (N-methyl/N-ethyl adjacent to an activating group) is 1.